The highest BCUT2D eigenvalue weighted by Gasteiger charge is 2.33. The van der Waals surface area contributed by atoms with Crippen LogP contribution in [0.5, 0.6) is 5.75 Å². The fourth-order valence-electron chi connectivity index (χ4n) is 3.69. The van der Waals surface area contributed by atoms with Crippen LogP contribution in [-0.2, 0) is 10.0 Å². The summed E-state index contributed by atoms with van der Waals surface area (Å²) >= 11 is 7.92. The van der Waals surface area contributed by atoms with Crippen LogP contribution < -0.4 is 21.5 Å². The molecule has 0 amide bonds. The lowest BCUT2D eigenvalue weighted by molar-refractivity contribution is 0.222. The maximum Gasteiger partial charge on any atom is 0.253 e. The third kappa shape index (κ3) is 4.17. The maximum absolute atomic E-state index is 13.2. The summed E-state index contributed by atoms with van der Waals surface area (Å²) in [5.41, 5.74) is -1.17. The molecule has 2 fully saturated rings. The minimum Gasteiger partial charge on any atom is -0.504 e. The number of nitrogens with one attached hydrogen (secondary N) is 2. The van der Waals surface area contributed by atoms with Crippen molar-refractivity contribution < 1.29 is 13.5 Å². The highest BCUT2D eigenvalue weighted by molar-refractivity contribution is 7.99. The number of phenols is 1. The number of rotatable bonds is 6. The zero-order valence-electron chi connectivity index (χ0n) is 16.9. The lowest BCUT2D eigenvalue weighted by Gasteiger charge is -2.32. The average molecular weight is 487 g/mol. The molecule has 2 aliphatic rings. The number of nitrogens with zero attached hydrogens (tertiary/aromatic N) is 2. The quantitative estimate of drug-likeness (QED) is 0.409. The van der Waals surface area contributed by atoms with Gasteiger partial charge >= 0.3 is 0 Å². The Morgan fingerprint density at radius 2 is 1.81 bits per heavy atom. The first-order chi connectivity index (χ1) is 14.7. The molecule has 0 spiro atoms. The molecule has 3 N–H and O–H groups in total. The van der Waals surface area contributed by atoms with Crippen molar-refractivity contribution in [1.29, 1.82) is 0 Å². The van der Waals surface area contributed by atoms with Crippen LogP contribution in [0.15, 0.2) is 26.6 Å². The molecule has 168 valence electrons. The molecule has 0 aromatic heterocycles. The van der Waals surface area contributed by atoms with Gasteiger partial charge < -0.3 is 20.6 Å². The summed E-state index contributed by atoms with van der Waals surface area (Å²) in [6.07, 6.45) is 0.878. The fraction of sp³-hybridized carbons (Fsp3) is 0.474. The van der Waals surface area contributed by atoms with Crippen molar-refractivity contribution in [2.24, 2.45) is 0 Å². The number of benzene rings is 1. The van der Waals surface area contributed by atoms with Crippen LogP contribution in [-0.4, -0.2) is 73.5 Å². The third-order valence-corrected chi connectivity index (χ3v) is 9.16. The molecule has 12 heteroatoms. The molecular formula is C19H23ClN4O5S2. The lowest BCUT2D eigenvalue weighted by atomic mass is 10.1. The van der Waals surface area contributed by atoms with Crippen molar-refractivity contribution in [3.05, 3.63) is 37.6 Å². The second-order valence-corrected chi connectivity index (χ2v) is 11.1. The van der Waals surface area contributed by atoms with E-state index in [0.717, 1.165) is 17.9 Å². The van der Waals surface area contributed by atoms with Crippen LogP contribution in [0.4, 0.5) is 17.1 Å². The van der Waals surface area contributed by atoms with Crippen LogP contribution in [0.3, 0.4) is 0 Å². The fourth-order valence-corrected chi connectivity index (χ4v) is 6.85. The van der Waals surface area contributed by atoms with Gasteiger partial charge in [-0.15, -0.1) is 0 Å². The van der Waals surface area contributed by atoms with E-state index in [-0.39, 0.29) is 41.2 Å². The van der Waals surface area contributed by atoms with E-state index in [4.69, 9.17) is 11.6 Å². The van der Waals surface area contributed by atoms with Crippen molar-refractivity contribution in [1.82, 2.24) is 9.21 Å². The van der Waals surface area contributed by atoms with Crippen LogP contribution in [0.25, 0.3) is 0 Å². The van der Waals surface area contributed by atoms with Crippen molar-refractivity contribution in [2.45, 2.75) is 17.4 Å². The van der Waals surface area contributed by atoms with Crippen molar-refractivity contribution in [2.75, 3.05) is 55.4 Å². The molecule has 0 bridgehead atoms. The molecule has 2 heterocycles. The Labute approximate surface area is 189 Å². The highest BCUT2D eigenvalue weighted by atomic mass is 35.5. The van der Waals surface area contributed by atoms with Gasteiger partial charge in [0.1, 0.15) is 16.3 Å². The second kappa shape index (κ2) is 8.62. The Morgan fingerprint density at radius 1 is 1.13 bits per heavy atom. The highest BCUT2D eigenvalue weighted by Crippen LogP contribution is 2.40. The van der Waals surface area contributed by atoms with Crippen LogP contribution in [0.1, 0.15) is 6.42 Å². The van der Waals surface area contributed by atoms with E-state index in [1.807, 2.05) is 11.9 Å². The Kier molecular flexibility index (Phi) is 6.23. The Hall–Kier alpha value is -1.79. The number of phenolic OH excluding ortho intramolecular Hbond substituents is 1. The van der Waals surface area contributed by atoms with E-state index >= 15 is 0 Å². The van der Waals surface area contributed by atoms with Gasteiger partial charge in [-0.3, -0.25) is 9.59 Å². The predicted octanol–water partition coefficient (Wildman–Crippen LogP) is 1.24. The Bertz CT molecular complexity index is 1170. The molecule has 0 saturated carbocycles. The van der Waals surface area contributed by atoms with Gasteiger partial charge in [-0.05, 0) is 31.4 Å². The number of thioether (sulfide) groups is 1. The van der Waals surface area contributed by atoms with Crippen LogP contribution in [0.2, 0.25) is 5.02 Å². The summed E-state index contributed by atoms with van der Waals surface area (Å²) in [7, 11) is -2.15. The number of hydrogen-bond donors (Lipinski definition) is 3. The summed E-state index contributed by atoms with van der Waals surface area (Å²) in [6, 6.07) is 2.81. The summed E-state index contributed by atoms with van der Waals surface area (Å²) < 4.78 is 27.6. The number of anilines is 3. The normalized spacial score (nSPS) is 20.9. The van der Waals surface area contributed by atoms with Crippen LogP contribution >= 0.6 is 23.4 Å². The third-order valence-electron chi connectivity index (χ3n) is 5.59. The van der Waals surface area contributed by atoms with Crippen LogP contribution in [0, 0.1) is 0 Å². The first-order valence-electron chi connectivity index (χ1n) is 9.85. The Morgan fingerprint density at radius 3 is 2.45 bits per heavy atom. The zero-order valence-corrected chi connectivity index (χ0v) is 19.2. The molecule has 2 aromatic rings. The zero-order chi connectivity index (χ0) is 22.3. The first-order valence-corrected chi connectivity index (χ1v) is 12.8. The molecule has 2 aromatic carbocycles. The average Bonchev–Trinajstić information content (AvgIpc) is 3.25. The van der Waals surface area contributed by atoms with E-state index in [2.05, 4.69) is 10.6 Å². The standard InChI is InChI=1S/C19H23ClN4O5S2/c1-23-5-7-24(8-6-23)31(28,29)19-12(20)2-3-13(16(19)25)22-15-14(17(26)18(15)27)21-11-4-9-30-10-11/h2-3,11,21-22,25H,4-10H2,1H3. The number of halogens is 1. The molecule has 1 atom stereocenters. The minimum atomic E-state index is -4.05. The minimum absolute atomic E-state index is 0.00644. The molecule has 2 saturated heterocycles. The Balaban J connectivity index is 1.64. The number of piperazine rings is 1. The lowest BCUT2D eigenvalue weighted by Crippen LogP contribution is -2.47. The SMILES string of the molecule is CN1CCN(S(=O)(=O)c2c(Cl)ccc(Nc3c(NC4CCSC4)c(=O)c3=O)c2O)CC1. The van der Waals surface area contributed by atoms with Gasteiger partial charge in [0.25, 0.3) is 10.9 Å². The second-order valence-electron chi connectivity index (χ2n) is 7.72. The van der Waals surface area contributed by atoms with Crippen molar-refractivity contribution in [3.8, 4) is 5.75 Å². The van der Waals surface area contributed by atoms with Gasteiger partial charge in [0.05, 0.1) is 10.7 Å². The molecule has 2 aliphatic heterocycles. The van der Waals surface area contributed by atoms with Crippen molar-refractivity contribution >= 4 is 50.4 Å². The number of likely N-dealkylation sites (N-methyl/N-ethyl adjacent to an activating group) is 1. The number of hydrogen-bond acceptors (Lipinski definition) is 9. The summed E-state index contributed by atoms with van der Waals surface area (Å²) in [4.78, 5) is 25.8. The predicted molar refractivity (Wildman–Crippen MR) is 123 cm³/mol. The molecule has 1 unspecified atom stereocenters. The molecule has 0 aliphatic carbocycles. The number of aromatic hydroxyl groups is 1. The van der Waals surface area contributed by atoms with Gasteiger partial charge in [-0.1, -0.05) is 11.6 Å². The summed E-state index contributed by atoms with van der Waals surface area (Å²) in [5.74, 6) is 1.22. The first kappa shape index (κ1) is 22.4. The maximum atomic E-state index is 13.2. The van der Waals surface area contributed by atoms with Gasteiger partial charge in [0.2, 0.25) is 10.0 Å². The topological polar surface area (TPSA) is 119 Å². The van der Waals surface area contributed by atoms with Gasteiger partial charge in [-0.2, -0.15) is 16.1 Å². The van der Waals surface area contributed by atoms with E-state index in [0.29, 0.717) is 13.1 Å². The molecule has 9 nitrogen and oxygen atoms in total. The summed E-state index contributed by atoms with van der Waals surface area (Å²) in [6.45, 7) is 1.68. The van der Waals surface area contributed by atoms with Gasteiger partial charge in [0.15, 0.2) is 5.75 Å². The van der Waals surface area contributed by atoms with E-state index < -0.39 is 31.5 Å². The largest absolute Gasteiger partial charge is 0.504 e. The van der Waals surface area contributed by atoms with E-state index in [1.54, 1.807) is 11.8 Å². The monoisotopic (exact) mass is 486 g/mol. The van der Waals surface area contributed by atoms with E-state index in [1.165, 1.54) is 16.4 Å². The van der Waals surface area contributed by atoms with Gasteiger partial charge in [0, 0.05) is 38.0 Å². The number of sulfonamides is 1. The van der Waals surface area contributed by atoms with E-state index in [9.17, 15) is 23.1 Å². The molecule has 31 heavy (non-hydrogen) atoms. The summed E-state index contributed by atoms with van der Waals surface area (Å²) in [5, 5.41) is 16.5. The van der Waals surface area contributed by atoms with Crippen molar-refractivity contribution in [3.63, 3.8) is 0 Å². The smallest absolute Gasteiger partial charge is 0.253 e. The van der Waals surface area contributed by atoms with Gasteiger partial charge in [-0.25, -0.2) is 8.42 Å². The molecule has 0 radical (unpaired) electrons. The molecular weight excluding hydrogens is 464 g/mol. The molecule has 4 rings (SSSR count).